The highest BCUT2D eigenvalue weighted by atomic mass is 19.4. The molecule has 0 fully saturated rings. The molecular formula is C17H19F6N3O5. The van der Waals surface area contributed by atoms with Gasteiger partial charge in [-0.25, -0.2) is 14.6 Å². The fourth-order valence-electron chi connectivity index (χ4n) is 1.84. The quantitative estimate of drug-likeness (QED) is 0.507. The molecule has 0 saturated carbocycles. The fraction of sp³-hybridized carbons (Fsp3) is 0.353. The van der Waals surface area contributed by atoms with Crippen LogP contribution in [0.25, 0.3) is 11.4 Å². The molecule has 174 valence electrons. The number of likely N-dealkylation sites (N-methyl/N-ethyl adjacent to an activating group) is 1. The average molecular weight is 459 g/mol. The second kappa shape index (κ2) is 12.5. The molecule has 1 aromatic carbocycles. The molecule has 0 spiro atoms. The average Bonchev–Trinajstić information content (AvgIpc) is 3.16. The van der Waals surface area contributed by atoms with Crippen molar-refractivity contribution in [3.05, 3.63) is 42.2 Å². The molecule has 0 aliphatic carbocycles. The van der Waals surface area contributed by atoms with Gasteiger partial charge in [0.05, 0.1) is 6.61 Å². The largest absolute Gasteiger partial charge is 0.490 e. The number of carboxylic acid groups (broad SMARTS) is 2. The third kappa shape index (κ3) is 11.6. The number of hydrogen-bond donors (Lipinski definition) is 4. The van der Waals surface area contributed by atoms with Crippen LogP contribution in [0.2, 0.25) is 0 Å². The molecule has 0 aliphatic rings. The van der Waals surface area contributed by atoms with Gasteiger partial charge < -0.3 is 20.3 Å². The Morgan fingerprint density at radius 2 is 1.52 bits per heavy atom. The number of aliphatic hydroxyl groups excluding tert-OH is 1. The molecule has 0 aliphatic heterocycles. The lowest BCUT2D eigenvalue weighted by molar-refractivity contribution is -0.193. The van der Waals surface area contributed by atoms with Crippen LogP contribution in [-0.2, 0) is 16.1 Å². The number of benzene rings is 1. The molecule has 31 heavy (non-hydrogen) atoms. The Kier molecular flexibility index (Phi) is 11.3. The number of H-pyrrole nitrogens is 1. The number of nitrogens with zero attached hydrogens (tertiary/aromatic N) is 2. The molecule has 0 atom stereocenters. The highest BCUT2D eigenvalue weighted by molar-refractivity contribution is 5.73. The SMILES string of the molecule is CN(CCO)Cc1ccccc1-c1ncc[nH]1.O=C(O)C(F)(F)F.O=C(O)C(F)(F)F. The van der Waals surface area contributed by atoms with Gasteiger partial charge in [0.1, 0.15) is 5.82 Å². The number of halogens is 6. The van der Waals surface area contributed by atoms with Gasteiger partial charge in [-0.1, -0.05) is 24.3 Å². The van der Waals surface area contributed by atoms with Gasteiger partial charge in [-0.15, -0.1) is 0 Å². The highest BCUT2D eigenvalue weighted by Gasteiger charge is 2.38. The van der Waals surface area contributed by atoms with Gasteiger partial charge in [0.25, 0.3) is 0 Å². The standard InChI is InChI=1S/C13H17N3O.2C2HF3O2/c1-16(8-9-17)10-11-4-2-3-5-12(11)13-14-6-7-15-13;2*3-2(4,5)1(6)7/h2-7,17H,8-10H2,1H3,(H,14,15);2*(H,6,7). The maximum Gasteiger partial charge on any atom is 0.490 e. The van der Waals surface area contributed by atoms with Crippen molar-refractivity contribution in [3.63, 3.8) is 0 Å². The van der Waals surface area contributed by atoms with Crippen LogP contribution in [-0.4, -0.2) is 74.7 Å². The lowest BCUT2D eigenvalue weighted by Crippen LogP contribution is -2.21. The van der Waals surface area contributed by atoms with Gasteiger partial charge in [0, 0.05) is 31.0 Å². The Balaban J connectivity index is 0.000000536. The minimum atomic E-state index is -5.08. The van der Waals surface area contributed by atoms with E-state index in [1.807, 2.05) is 25.4 Å². The summed E-state index contributed by atoms with van der Waals surface area (Å²) in [6.45, 7) is 1.66. The highest BCUT2D eigenvalue weighted by Crippen LogP contribution is 2.20. The van der Waals surface area contributed by atoms with Crippen LogP contribution in [0, 0.1) is 0 Å². The minimum Gasteiger partial charge on any atom is -0.475 e. The van der Waals surface area contributed by atoms with E-state index in [-0.39, 0.29) is 6.61 Å². The molecule has 0 radical (unpaired) electrons. The first-order chi connectivity index (χ1) is 14.2. The summed E-state index contributed by atoms with van der Waals surface area (Å²) in [5, 5.41) is 23.2. The van der Waals surface area contributed by atoms with E-state index in [1.165, 1.54) is 5.56 Å². The molecule has 8 nitrogen and oxygen atoms in total. The number of aliphatic carboxylic acids is 2. The Morgan fingerprint density at radius 1 is 1.03 bits per heavy atom. The second-order valence-electron chi connectivity index (χ2n) is 5.66. The summed E-state index contributed by atoms with van der Waals surface area (Å²) in [5.74, 6) is -4.63. The first kappa shape index (κ1) is 27.9. The van der Waals surface area contributed by atoms with Gasteiger partial charge >= 0.3 is 24.3 Å². The van der Waals surface area contributed by atoms with Crippen LogP contribution in [0.1, 0.15) is 5.56 Å². The number of imidazole rings is 1. The predicted molar refractivity (Wildman–Crippen MR) is 94.8 cm³/mol. The van der Waals surface area contributed by atoms with Crippen LogP contribution in [0.3, 0.4) is 0 Å². The van der Waals surface area contributed by atoms with Gasteiger partial charge in [0.2, 0.25) is 0 Å². The number of carboxylic acids is 2. The summed E-state index contributed by atoms with van der Waals surface area (Å²) in [4.78, 5) is 27.3. The van der Waals surface area contributed by atoms with Crippen LogP contribution in [0.5, 0.6) is 0 Å². The molecule has 2 aromatic rings. The number of aliphatic hydroxyl groups is 1. The van der Waals surface area contributed by atoms with Crippen molar-refractivity contribution in [3.8, 4) is 11.4 Å². The molecule has 2 rings (SSSR count). The number of aromatic nitrogens is 2. The summed E-state index contributed by atoms with van der Waals surface area (Å²) in [6.07, 6.45) is -6.59. The minimum absolute atomic E-state index is 0.180. The lowest BCUT2D eigenvalue weighted by Gasteiger charge is -2.16. The summed E-state index contributed by atoms with van der Waals surface area (Å²) in [6, 6.07) is 8.18. The van der Waals surface area contributed by atoms with Crippen molar-refractivity contribution < 1.29 is 51.3 Å². The Morgan fingerprint density at radius 3 is 1.90 bits per heavy atom. The van der Waals surface area contributed by atoms with Crippen molar-refractivity contribution in [2.24, 2.45) is 0 Å². The zero-order chi connectivity index (χ0) is 24.2. The second-order valence-corrected chi connectivity index (χ2v) is 5.66. The van der Waals surface area contributed by atoms with Crippen LogP contribution < -0.4 is 0 Å². The van der Waals surface area contributed by atoms with Crippen molar-refractivity contribution in [1.29, 1.82) is 0 Å². The topological polar surface area (TPSA) is 127 Å². The van der Waals surface area contributed by atoms with Crippen LogP contribution in [0.15, 0.2) is 36.7 Å². The summed E-state index contributed by atoms with van der Waals surface area (Å²) in [5.41, 5.74) is 2.32. The third-order valence-electron chi connectivity index (χ3n) is 3.18. The Hall–Kier alpha value is -3.13. The van der Waals surface area contributed by atoms with E-state index in [0.29, 0.717) is 6.54 Å². The molecular weight excluding hydrogens is 440 g/mol. The van der Waals surface area contributed by atoms with E-state index in [1.54, 1.807) is 6.20 Å². The summed E-state index contributed by atoms with van der Waals surface area (Å²) < 4.78 is 63.5. The maximum atomic E-state index is 10.6. The van der Waals surface area contributed by atoms with Gasteiger partial charge in [-0.2, -0.15) is 26.3 Å². The fourth-order valence-corrected chi connectivity index (χ4v) is 1.84. The predicted octanol–water partition coefficient (Wildman–Crippen LogP) is 2.77. The molecule has 1 heterocycles. The van der Waals surface area contributed by atoms with Crippen molar-refractivity contribution in [2.75, 3.05) is 20.2 Å². The monoisotopic (exact) mass is 459 g/mol. The number of carbonyl (C=O) groups is 2. The zero-order valence-electron chi connectivity index (χ0n) is 15.9. The molecule has 0 amide bonds. The van der Waals surface area contributed by atoms with Gasteiger partial charge in [0.15, 0.2) is 0 Å². The van der Waals surface area contributed by atoms with E-state index in [2.05, 4.69) is 27.0 Å². The number of hydrogen-bond acceptors (Lipinski definition) is 5. The Labute approximate surface area is 171 Å². The number of alkyl halides is 6. The number of aromatic amines is 1. The van der Waals surface area contributed by atoms with Gasteiger partial charge in [-0.05, 0) is 12.6 Å². The van der Waals surface area contributed by atoms with E-state index < -0.39 is 24.3 Å². The third-order valence-corrected chi connectivity index (χ3v) is 3.18. The molecule has 0 bridgehead atoms. The lowest BCUT2D eigenvalue weighted by atomic mass is 10.1. The zero-order valence-corrected chi connectivity index (χ0v) is 15.9. The van der Waals surface area contributed by atoms with Crippen molar-refractivity contribution >= 4 is 11.9 Å². The molecule has 14 heteroatoms. The van der Waals surface area contributed by atoms with Crippen molar-refractivity contribution in [1.82, 2.24) is 14.9 Å². The maximum absolute atomic E-state index is 10.6. The molecule has 4 N–H and O–H groups in total. The van der Waals surface area contributed by atoms with Crippen LogP contribution in [0.4, 0.5) is 26.3 Å². The normalized spacial score (nSPS) is 11.1. The molecule has 0 saturated heterocycles. The number of rotatable bonds is 5. The summed E-state index contributed by atoms with van der Waals surface area (Å²) in [7, 11) is 2.00. The Bertz CT molecular complexity index is 785. The smallest absolute Gasteiger partial charge is 0.475 e. The first-order valence-corrected chi connectivity index (χ1v) is 8.17. The summed E-state index contributed by atoms with van der Waals surface area (Å²) >= 11 is 0. The molecule has 1 aromatic heterocycles. The van der Waals surface area contributed by atoms with E-state index in [4.69, 9.17) is 24.9 Å². The molecule has 0 unspecified atom stereocenters. The van der Waals surface area contributed by atoms with Gasteiger partial charge in [-0.3, -0.25) is 4.90 Å². The van der Waals surface area contributed by atoms with Crippen molar-refractivity contribution in [2.45, 2.75) is 18.9 Å². The first-order valence-electron chi connectivity index (χ1n) is 8.17. The number of nitrogens with one attached hydrogen (secondary N) is 1. The van der Waals surface area contributed by atoms with E-state index in [9.17, 15) is 26.3 Å². The van der Waals surface area contributed by atoms with Crippen LogP contribution >= 0.6 is 0 Å². The van der Waals surface area contributed by atoms with E-state index in [0.717, 1.165) is 17.9 Å². The van der Waals surface area contributed by atoms with E-state index >= 15 is 0 Å².